The van der Waals surface area contributed by atoms with E-state index in [-0.39, 0.29) is 56.0 Å². The minimum atomic E-state index is -0.359. The number of carbonyl (C=O) groups is 4. The van der Waals surface area contributed by atoms with Crippen LogP contribution in [0.15, 0.2) is 36.4 Å². The van der Waals surface area contributed by atoms with Crippen LogP contribution in [0.1, 0.15) is 53.2 Å². The van der Waals surface area contributed by atoms with Crippen LogP contribution >= 0.6 is 36.8 Å². The molecule has 49 heavy (non-hydrogen) atoms. The normalized spacial score (nSPS) is 18.3. The van der Waals surface area contributed by atoms with Crippen molar-refractivity contribution in [3.05, 3.63) is 47.5 Å². The Hall–Kier alpha value is -3.85. The van der Waals surface area contributed by atoms with E-state index >= 15 is 0 Å². The predicted molar refractivity (Wildman–Crippen MR) is 205 cm³/mol. The highest BCUT2D eigenvalue weighted by molar-refractivity contribution is 7.80. The van der Waals surface area contributed by atoms with Crippen molar-refractivity contribution in [2.24, 2.45) is 5.73 Å². The topological polar surface area (TPSA) is 138 Å². The van der Waals surface area contributed by atoms with Crippen LogP contribution in [-0.4, -0.2) is 85.3 Å². The van der Waals surface area contributed by atoms with E-state index in [0.717, 1.165) is 51.6 Å². The molecule has 268 valence electrons. The van der Waals surface area contributed by atoms with E-state index < -0.39 is 0 Å². The number of amides is 4. The second-order valence-electron chi connectivity index (χ2n) is 11.8. The Morgan fingerprint density at radius 3 is 1.57 bits per heavy atom. The van der Waals surface area contributed by atoms with E-state index in [1.807, 2.05) is 50.2 Å². The maximum absolute atomic E-state index is 12.1. The third kappa shape index (κ3) is 10.3. The number of cyclic esters (lactones) is 2. The summed E-state index contributed by atoms with van der Waals surface area (Å²) in [4.78, 5) is 55.4. The first-order valence-corrected chi connectivity index (χ1v) is 16.3. The van der Waals surface area contributed by atoms with Crippen molar-refractivity contribution in [3.8, 4) is 0 Å². The summed E-state index contributed by atoms with van der Waals surface area (Å²) in [6.07, 6.45) is 0.445. The van der Waals surface area contributed by atoms with Gasteiger partial charge in [0, 0.05) is 56.2 Å². The molecule has 4 aliphatic heterocycles. The molecule has 0 aliphatic carbocycles. The number of hydrogen-bond donors (Lipinski definition) is 2. The predicted octanol–water partition coefficient (Wildman–Crippen LogP) is 5.19. The lowest BCUT2D eigenvalue weighted by Gasteiger charge is -2.17. The number of nitrogens with one attached hydrogen (secondary N) is 1. The molecule has 0 aromatic heterocycles. The Bertz CT molecular complexity index is 1570. The van der Waals surface area contributed by atoms with Crippen LogP contribution in [-0.2, 0) is 31.9 Å². The number of benzene rings is 2. The summed E-state index contributed by atoms with van der Waals surface area (Å²) in [7, 11) is 0. The summed E-state index contributed by atoms with van der Waals surface area (Å²) < 4.78 is 10.5. The van der Waals surface area contributed by atoms with Crippen LogP contribution in [0.25, 0.3) is 0 Å². The molecular formula is C34H47ClN6O6S2. The van der Waals surface area contributed by atoms with Crippen molar-refractivity contribution in [1.29, 1.82) is 0 Å². The molecule has 6 rings (SSSR count). The molecule has 2 saturated heterocycles. The van der Waals surface area contributed by atoms with Crippen molar-refractivity contribution in [2.75, 3.05) is 58.9 Å². The molecule has 12 nitrogen and oxygen atoms in total. The molecule has 2 aromatic carbocycles. The summed E-state index contributed by atoms with van der Waals surface area (Å²) >= 11 is 9.51. The number of nitrogens with two attached hydrogens (primary N) is 1. The number of carbonyl (C=O) groups excluding carboxylic acids is 4. The second-order valence-corrected chi connectivity index (χ2v) is 13.2. The molecule has 0 unspecified atom stereocenters. The Morgan fingerprint density at radius 2 is 1.20 bits per heavy atom. The van der Waals surface area contributed by atoms with Crippen molar-refractivity contribution >= 4 is 93.4 Å². The maximum Gasteiger partial charge on any atom is 0.414 e. The quantitative estimate of drug-likeness (QED) is 0.395. The highest BCUT2D eigenvalue weighted by Crippen LogP contribution is 2.34. The van der Waals surface area contributed by atoms with E-state index in [4.69, 9.17) is 27.4 Å². The van der Waals surface area contributed by atoms with Gasteiger partial charge in [0.2, 0.25) is 11.8 Å². The summed E-state index contributed by atoms with van der Waals surface area (Å²) in [6, 6.07) is 11.4. The van der Waals surface area contributed by atoms with Crippen LogP contribution in [0.4, 0.5) is 32.3 Å². The van der Waals surface area contributed by atoms with E-state index in [1.54, 1.807) is 40.4 Å². The Labute approximate surface area is 305 Å². The lowest BCUT2D eigenvalue weighted by molar-refractivity contribution is -0.117. The first-order chi connectivity index (χ1) is 22.3. The van der Waals surface area contributed by atoms with E-state index in [0.29, 0.717) is 44.3 Å². The second kappa shape index (κ2) is 18.2. The minimum Gasteiger partial charge on any atom is -0.443 e. The van der Waals surface area contributed by atoms with Crippen molar-refractivity contribution in [2.45, 2.75) is 67.1 Å². The number of nitrogens with zero attached hydrogens (tertiary/aromatic N) is 4. The fraction of sp³-hybridized carbons (Fsp3) is 0.471. The van der Waals surface area contributed by atoms with Gasteiger partial charge in [-0.05, 0) is 86.0 Å². The van der Waals surface area contributed by atoms with Gasteiger partial charge < -0.3 is 30.3 Å². The molecule has 4 amide bonds. The molecule has 0 spiro atoms. The van der Waals surface area contributed by atoms with E-state index in [1.165, 1.54) is 0 Å². The zero-order chi connectivity index (χ0) is 34.4. The van der Waals surface area contributed by atoms with Gasteiger partial charge in [-0.1, -0.05) is 31.9 Å². The molecular weight excluding hydrogens is 688 g/mol. The third-order valence-corrected chi connectivity index (χ3v) is 8.03. The number of hydrogen-bond acceptors (Lipinski definition) is 9. The summed E-state index contributed by atoms with van der Waals surface area (Å²) in [5, 5.41) is 3.02. The first kappa shape index (κ1) is 41.3. The average molecular weight is 735 g/mol. The third-order valence-electron chi connectivity index (χ3n) is 7.89. The van der Waals surface area contributed by atoms with Gasteiger partial charge in [0.05, 0.1) is 24.6 Å². The molecule has 3 N–H and O–H groups in total. The highest BCUT2D eigenvalue weighted by Gasteiger charge is 2.34. The Balaban J connectivity index is 0.000000298. The largest absolute Gasteiger partial charge is 0.443 e. The van der Waals surface area contributed by atoms with E-state index in [9.17, 15) is 19.2 Å². The number of thiocarbonyl (C=S) groups is 2. The van der Waals surface area contributed by atoms with Gasteiger partial charge in [-0.2, -0.15) is 0 Å². The molecule has 4 heterocycles. The number of ether oxygens (including phenoxy) is 2. The van der Waals surface area contributed by atoms with Gasteiger partial charge in [-0.25, -0.2) is 9.59 Å². The van der Waals surface area contributed by atoms with Crippen LogP contribution in [0.2, 0.25) is 0 Å². The van der Waals surface area contributed by atoms with Crippen molar-refractivity contribution in [3.63, 3.8) is 0 Å². The zero-order valence-electron chi connectivity index (χ0n) is 27.8. The van der Waals surface area contributed by atoms with Gasteiger partial charge in [-0.15, -0.1) is 12.4 Å². The van der Waals surface area contributed by atoms with Crippen molar-refractivity contribution < 1.29 is 28.7 Å². The Kier molecular flexibility index (Phi) is 15.4. The Morgan fingerprint density at radius 1 is 0.796 bits per heavy atom. The SMILES string of the molecule is C.CC(=O)N1CCc2cc(N3C[C@H](CN)OC3=O)ccc21.CC(=O)N1CCc2cc(N3C[C@H](CNC(C)=S)OC3=O)ccc21.CC(C)=S.Cl. The molecule has 0 saturated carbocycles. The number of halogens is 1. The van der Waals surface area contributed by atoms with Gasteiger partial charge >= 0.3 is 12.2 Å². The molecule has 0 bridgehead atoms. The monoisotopic (exact) mass is 734 g/mol. The lowest BCUT2D eigenvalue weighted by atomic mass is 10.1. The van der Waals surface area contributed by atoms with Crippen molar-refractivity contribution in [1.82, 2.24) is 5.32 Å². The summed E-state index contributed by atoms with van der Waals surface area (Å²) in [5.41, 5.74) is 11.2. The minimum absolute atomic E-state index is 0. The van der Waals surface area contributed by atoms with Gasteiger partial charge in [0.15, 0.2) is 0 Å². The molecule has 0 radical (unpaired) electrons. The summed E-state index contributed by atoms with van der Waals surface area (Å²) in [5.74, 6) is 0.0824. The van der Waals surface area contributed by atoms with E-state index in [2.05, 4.69) is 17.5 Å². The fourth-order valence-electron chi connectivity index (χ4n) is 5.72. The first-order valence-electron chi connectivity index (χ1n) is 15.5. The fourth-order valence-corrected chi connectivity index (χ4v) is 5.80. The number of anilines is 4. The van der Waals surface area contributed by atoms with Gasteiger partial charge in [0.1, 0.15) is 12.2 Å². The lowest BCUT2D eigenvalue weighted by Crippen LogP contribution is -2.32. The van der Waals surface area contributed by atoms with Crippen LogP contribution in [0.3, 0.4) is 0 Å². The van der Waals surface area contributed by atoms with Gasteiger partial charge in [-0.3, -0.25) is 19.4 Å². The smallest absolute Gasteiger partial charge is 0.414 e. The highest BCUT2D eigenvalue weighted by atomic mass is 35.5. The van der Waals surface area contributed by atoms with Crippen LogP contribution < -0.4 is 30.7 Å². The van der Waals surface area contributed by atoms with Gasteiger partial charge in [0.25, 0.3) is 0 Å². The molecule has 15 heteroatoms. The zero-order valence-corrected chi connectivity index (χ0v) is 30.3. The average Bonchev–Trinajstić information content (AvgIpc) is 3.79. The molecule has 2 aromatic rings. The maximum atomic E-state index is 12.1. The molecule has 2 fully saturated rings. The summed E-state index contributed by atoms with van der Waals surface area (Å²) in [6.45, 7) is 11.9. The standard InChI is InChI=1S/C16H19N3O3S.C14H17N3O3.C3H6S.CH4.ClH/c1-10(23)17-8-14-9-19(16(21)22-14)13-3-4-15-12(7-13)5-6-18(15)11(2)20;1-9(18)16-5-4-10-6-11(2-3-13(10)16)17-8-12(7-15)20-14(17)19;1-3(2)4;;/h3-4,7,14H,5-6,8-9H2,1-2H3,(H,17,23);2-3,6,12H,4-5,7-8,15H2,1H3;1-2H3;1H4;1H/t14-;12-;;;/m00.../s1. The molecule has 2 atom stereocenters. The number of rotatable bonds is 5. The van der Waals surface area contributed by atoms with Crippen LogP contribution in [0.5, 0.6) is 0 Å². The van der Waals surface area contributed by atoms with Crippen LogP contribution in [0, 0.1) is 0 Å². The number of fused-ring (bicyclic) bond motifs is 2. The molecule has 4 aliphatic rings.